The molecule has 0 saturated heterocycles. The number of hydrogen-bond acceptors (Lipinski definition) is 3. The van der Waals surface area contributed by atoms with Crippen LogP contribution in [0, 0.1) is 0 Å². The molecule has 2 rings (SSSR count). The van der Waals surface area contributed by atoms with Crippen molar-refractivity contribution in [3.05, 3.63) is 40.6 Å². The fourth-order valence-corrected chi connectivity index (χ4v) is 2.71. The summed E-state index contributed by atoms with van der Waals surface area (Å²) in [6, 6.07) is 3.61. The Morgan fingerprint density at radius 2 is 2.30 bits per heavy atom. The highest BCUT2D eigenvalue weighted by Crippen LogP contribution is 2.31. The van der Waals surface area contributed by atoms with E-state index in [-0.39, 0.29) is 17.1 Å². The van der Waals surface area contributed by atoms with Gasteiger partial charge in [0.05, 0.1) is 18.4 Å². The van der Waals surface area contributed by atoms with E-state index in [1.165, 1.54) is 0 Å². The minimum Gasteiger partial charge on any atom is -0.496 e. The molecule has 0 fully saturated rings. The molecule has 5 heteroatoms. The Labute approximate surface area is 129 Å². The highest BCUT2D eigenvalue weighted by atomic mass is 35.5. The van der Waals surface area contributed by atoms with Crippen LogP contribution in [0.2, 0.25) is 5.02 Å². The maximum Gasteiger partial charge on any atom is 0.218 e. The maximum atomic E-state index is 11.7. The number of halogens is 1. The van der Waals surface area contributed by atoms with Crippen LogP contribution < -0.4 is 5.32 Å². The van der Waals surface area contributed by atoms with E-state index in [1.54, 1.807) is 12.3 Å². The number of nitrogens with one attached hydrogen (secondary N) is 1. The zero-order valence-electron chi connectivity index (χ0n) is 11.5. The molecule has 1 N–H and O–H groups in total. The third kappa shape index (κ3) is 3.49. The first-order valence-electron chi connectivity index (χ1n) is 6.60. The number of carbonyl (C=O) groups excluding carboxylic acids is 1. The van der Waals surface area contributed by atoms with Gasteiger partial charge >= 0.3 is 0 Å². The van der Waals surface area contributed by atoms with Crippen molar-refractivity contribution in [2.75, 3.05) is 11.9 Å². The minimum absolute atomic E-state index is 0.0985. The molecule has 1 atom stereocenters. The molecule has 108 valence electrons. The van der Waals surface area contributed by atoms with Crippen LogP contribution >= 0.6 is 24.2 Å². The average molecular weight is 312 g/mol. The molecular weight excluding hydrogens is 294 g/mol. The summed E-state index contributed by atoms with van der Waals surface area (Å²) in [5.74, 6) is 0.255. The van der Waals surface area contributed by atoms with Crippen LogP contribution in [0.3, 0.4) is 0 Å². The quantitative estimate of drug-likeness (QED) is 0.798. The number of benzene rings is 1. The molecular formula is C15H18ClNO2S. The van der Waals surface area contributed by atoms with Gasteiger partial charge in [0.15, 0.2) is 0 Å². The van der Waals surface area contributed by atoms with Crippen molar-refractivity contribution >= 4 is 35.0 Å². The van der Waals surface area contributed by atoms with Gasteiger partial charge in [0, 0.05) is 17.1 Å². The van der Waals surface area contributed by atoms with Crippen molar-refractivity contribution in [2.24, 2.45) is 0 Å². The predicted octanol–water partition coefficient (Wildman–Crippen LogP) is 4.25. The summed E-state index contributed by atoms with van der Waals surface area (Å²) in [5.41, 5.74) is 2.20. The molecule has 0 aliphatic carbocycles. The molecule has 20 heavy (non-hydrogen) atoms. The van der Waals surface area contributed by atoms with Crippen molar-refractivity contribution < 1.29 is 9.53 Å². The van der Waals surface area contributed by atoms with Crippen molar-refractivity contribution in [3.8, 4) is 0 Å². The van der Waals surface area contributed by atoms with E-state index in [4.69, 9.17) is 16.3 Å². The fourth-order valence-electron chi connectivity index (χ4n) is 2.14. The lowest BCUT2D eigenvalue weighted by molar-refractivity contribution is 0.109. The van der Waals surface area contributed by atoms with Gasteiger partial charge in [-0.1, -0.05) is 25.4 Å². The highest BCUT2D eigenvalue weighted by molar-refractivity contribution is 7.97. The zero-order valence-corrected chi connectivity index (χ0v) is 13.2. The van der Waals surface area contributed by atoms with Crippen molar-refractivity contribution in [3.63, 3.8) is 0 Å². The van der Waals surface area contributed by atoms with E-state index >= 15 is 0 Å². The van der Waals surface area contributed by atoms with Crippen LogP contribution in [0.4, 0.5) is 5.69 Å². The molecule has 0 spiro atoms. The summed E-state index contributed by atoms with van der Waals surface area (Å²) in [6.45, 7) is 4.71. The van der Waals surface area contributed by atoms with E-state index in [0.717, 1.165) is 12.0 Å². The van der Waals surface area contributed by atoms with Gasteiger partial charge in [-0.25, -0.2) is 0 Å². The van der Waals surface area contributed by atoms with Crippen LogP contribution in [0.1, 0.15) is 42.1 Å². The first-order valence-corrected chi connectivity index (χ1v) is 7.42. The molecule has 3 nitrogen and oxygen atoms in total. The van der Waals surface area contributed by atoms with Crippen molar-refractivity contribution in [1.29, 1.82) is 0 Å². The van der Waals surface area contributed by atoms with Crippen molar-refractivity contribution in [1.82, 2.24) is 0 Å². The SMILES string of the molecule is CC(C)c1cc(C(=O)S)c(NCC2CC=CO2)cc1Cl. The largest absolute Gasteiger partial charge is 0.496 e. The van der Waals surface area contributed by atoms with Crippen LogP contribution in [-0.4, -0.2) is 17.8 Å². The second kappa shape index (κ2) is 6.55. The van der Waals surface area contributed by atoms with Crippen LogP contribution in [0.15, 0.2) is 24.5 Å². The molecule has 1 heterocycles. The molecule has 0 bridgehead atoms. The number of anilines is 1. The molecule has 1 aliphatic heterocycles. The van der Waals surface area contributed by atoms with Gasteiger partial charge in [0.1, 0.15) is 6.10 Å². The fraction of sp³-hybridized carbons (Fsp3) is 0.400. The van der Waals surface area contributed by atoms with E-state index in [9.17, 15) is 4.79 Å². The number of hydrogen-bond donors (Lipinski definition) is 2. The van der Waals surface area contributed by atoms with Gasteiger partial charge in [-0.3, -0.25) is 4.79 Å². The summed E-state index contributed by atoms with van der Waals surface area (Å²) in [5, 5.41) is 3.62. The molecule has 0 amide bonds. The normalized spacial score (nSPS) is 17.4. The third-order valence-corrected chi connectivity index (χ3v) is 3.84. The third-order valence-electron chi connectivity index (χ3n) is 3.28. The summed E-state index contributed by atoms with van der Waals surface area (Å²) >= 11 is 10.2. The van der Waals surface area contributed by atoms with Gasteiger partial charge in [-0.2, -0.15) is 0 Å². The lowest BCUT2D eigenvalue weighted by atomic mass is 9.99. The van der Waals surface area contributed by atoms with E-state index in [0.29, 0.717) is 22.8 Å². The number of thiol groups is 1. The number of carbonyl (C=O) groups is 1. The lowest BCUT2D eigenvalue weighted by Gasteiger charge is -2.17. The molecule has 0 aromatic heterocycles. The first-order chi connectivity index (χ1) is 9.49. The Kier molecular flexibility index (Phi) is 5.00. The topological polar surface area (TPSA) is 38.3 Å². The van der Waals surface area contributed by atoms with E-state index in [2.05, 4.69) is 17.9 Å². The van der Waals surface area contributed by atoms with Crippen LogP contribution in [0.5, 0.6) is 0 Å². The summed E-state index contributed by atoms with van der Waals surface area (Å²) in [4.78, 5) is 11.7. The van der Waals surface area contributed by atoms with Gasteiger partial charge in [0.25, 0.3) is 0 Å². The average Bonchev–Trinajstić information content (AvgIpc) is 2.88. The van der Waals surface area contributed by atoms with Crippen LogP contribution in [0.25, 0.3) is 0 Å². The zero-order chi connectivity index (χ0) is 14.7. The Hall–Kier alpha value is -1.13. The van der Waals surface area contributed by atoms with E-state index < -0.39 is 0 Å². The molecule has 0 saturated carbocycles. The first kappa shape index (κ1) is 15.3. The monoisotopic (exact) mass is 311 g/mol. The second-order valence-electron chi connectivity index (χ2n) is 5.13. The Morgan fingerprint density at radius 1 is 1.55 bits per heavy atom. The lowest BCUT2D eigenvalue weighted by Crippen LogP contribution is -2.19. The summed E-state index contributed by atoms with van der Waals surface area (Å²) < 4.78 is 5.39. The molecule has 1 aliphatic rings. The smallest absolute Gasteiger partial charge is 0.218 e. The van der Waals surface area contributed by atoms with Crippen molar-refractivity contribution in [2.45, 2.75) is 32.3 Å². The summed E-state index contributed by atoms with van der Waals surface area (Å²) in [6.07, 6.45) is 4.65. The molecule has 1 unspecified atom stereocenters. The molecule has 1 aromatic rings. The number of rotatable bonds is 5. The minimum atomic E-state index is -0.267. The van der Waals surface area contributed by atoms with Crippen LogP contribution in [-0.2, 0) is 4.74 Å². The van der Waals surface area contributed by atoms with E-state index in [1.807, 2.05) is 26.0 Å². The Morgan fingerprint density at radius 3 is 2.85 bits per heavy atom. The Balaban J connectivity index is 2.21. The maximum absolute atomic E-state index is 11.7. The highest BCUT2D eigenvalue weighted by Gasteiger charge is 2.17. The van der Waals surface area contributed by atoms with Gasteiger partial charge in [0.2, 0.25) is 5.12 Å². The predicted molar refractivity (Wildman–Crippen MR) is 86.0 cm³/mol. The number of ether oxygens (including phenoxy) is 1. The van der Waals surface area contributed by atoms with Gasteiger partial charge in [-0.05, 0) is 29.7 Å². The Bertz CT molecular complexity index is 535. The standard InChI is InChI=1S/C15H18ClNO2S/c1-9(2)11-6-12(15(18)20)14(7-13(11)16)17-8-10-4-3-5-19-10/h3,5-7,9-10,17H,4,8H2,1-2H3,(H,18,20). The summed E-state index contributed by atoms with van der Waals surface area (Å²) in [7, 11) is 0. The molecule has 1 aromatic carbocycles. The van der Waals surface area contributed by atoms with Gasteiger partial charge in [-0.15, -0.1) is 12.6 Å². The van der Waals surface area contributed by atoms with Gasteiger partial charge < -0.3 is 10.1 Å². The second-order valence-corrected chi connectivity index (χ2v) is 5.94. The molecule has 0 radical (unpaired) electrons.